The van der Waals surface area contributed by atoms with Crippen molar-refractivity contribution in [2.45, 2.75) is 108 Å². The molecule has 1 aromatic carbocycles. The number of nitrogens with zero attached hydrogens (tertiary/aromatic N) is 5. The fraction of sp³-hybridized carbons (Fsp3) is 0.621. The smallest absolute Gasteiger partial charge is 0.307 e. The first-order valence-corrected chi connectivity index (χ1v) is 16.7. The molecule has 3 amide bonds. The van der Waals surface area contributed by atoms with E-state index in [0.717, 1.165) is 11.1 Å². The molecule has 2 atom stereocenters. The molecule has 2 unspecified atom stereocenters. The summed E-state index contributed by atoms with van der Waals surface area (Å²) in [5.41, 5.74) is 1.29. The van der Waals surface area contributed by atoms with Gasteiger partial charge in [0.25, 0.3) is 5.91 Å². The van der Waals surface area contributed by atoms with Gasteiger partial charge in [0.1, 0.15) is 10.8 Å². The maximum absolute atomic E-state index is 14.0. The number of aryl methyl sites for hydroxylation is 1. The number of sulfonamides is 1. The Kier molecular flexibility index (Phi) is 9.11. The van der Waals surface area contributed by atoms with Crippen LogP contribution in [0.1, 0.15) is 99.6 Å². The van der Waals surface area contributed by atoms with Crippen molar-refractivity contribution in [2.75, 3.05) is 6.61 Å². The summed E-state index contributed by atoms with van der Waals surface area (Å²) in [7, 11) is -3.90. The zero-order valence-corrected chi connectivity index (χ0v) is 26.8. The molecule has 3 N–H and O–H groups in total. The third kappa shape index (κ3) is 6.63. The second-order valence-corrected chi connectivity index (χ2v) is 14.8. The fourth-order valence-electron chi connectivity index (χ4n) is 6.22. The number of esters is 1. The van der Waals surface area contributed by atoms with Crippen molar-refractivity contribution in [3.8, 4) is 0 Å². The monoisotopic (exact) mass is 644 g/mol. The number of rotatable bonds is 12. The second kappa shape index (κ2) is 12.6. The first kappa shape index (κ1) is 32.6. The summed E-state index contributed by atoms with van der Waals surface area (Å²) in [4.78, 5) is 50.8. The van der Waals surface area contributed by atoms with Crippen molar-refractivity contribution < 1.29 is 32.3 Å². The van der Waals surface area contributed by atoms with Gasteiger partial charge in [0, 0.05) is 30.6 Å². The Morgan fingerprint density at radius 1 is 1.22 bits per heavy atom. The van der Waals surface area contributed by atoms with Crippen LogP contribution in [0.3, 0.4) is 0 Å². The summed E-state index contributed by atoms with van der Waals surface area (Å²) in [5, 5.41) is 17.9. The van der Waals surface area contributed by atoms with Crippen LogP contribution in [-0.4, -0.2) is 80.2 Å². The molecule has 1 saturated heterocycles. The normalized spacial score (nSPS) is 20.4. The van der Waals surface area contributed by atoms with E-state index in [9.17, 15) is 27.6 Å². The van der Waals surface area contributed by atoms with Crippen molar-refractivity contribution in [3.05, 3.63) is 40.7 Å². The molecular weight excluding hydrogens is 604 g/mol. The number of carbonyl (C=O) groups is 4. The van der Waals surface area contributed by atoms with Crippen molar-refractivity contribution in [3.63, 3.8) is 0 Å². The van der Waals surface area contributed by atoms with Crippen LogP contribution in [0.2, 0.25) is 0 Å². The number of aromatic nitrogens is 4. The van der Waals surface area contributed by atoms with Crippen LogP contribution in [0.15, 0.2) is 18.2 Å². The minimum absolute atomic E-state index is 0.0150. The molecule has 2 fully saturated rings. The van der Waals surface area contributed by atoms with Crippen LogP contribution in [0.25, 0.3) is 0 Å². The van der Waals surface area contributed by atoms with Gasteiger partial charge >= 0.3 is 5.97 Å². The molecule has 3 heterocycles. The highest BCUT2D eigenvalue weighted by molar-refractivity contribution is 7.91. The largest absolute Gasteiger partial charge is 0.466 e. The SMILES string of the molecule is CCOC(=O)CCn1nnnc1C(NCc1ccc2c(c1)CN(C1CCC(=O)NC1=O)C2=O)C1(S(=O)(=O)NC(C)(C)C)CCC1. The Morgan fingerprint density at radius 3 is 2.62 bits per heavy atom. The quantitative estimate of drug-likeness (QED) is 0.219. The number of nitrogens with one attached hydrogen (secondary N) is 3. The summed E-state index contributed by atoms with van der Waals surface area (Å²) < 4.78 is 36.0. The maximum Gasteiger partial charge on any atom is 0.307 e. The van der Waals surface area contributed by atoms with Gasteiger partial charge in [0.15, 0.2) is 5.82 Å². The van der Waals surface area contributed by atoms with Crippen LogP contribution in [0.5, 0.6) is 0 Å². The first-order chi connectivity index (χ1) is 21.2. The average Bonchev–Trinajstić information content (AvgIpc) is 3.51. The Balaban J connectivity index is 1.41. The van der Waals surface area contributed by atoms with E-state index in [4.69, 9.17) is 4.74 Å². The van der Waals surface area contributed by atoms with Crippen LogP contribution in [-0.2, 0) is 48.8 Å². The lowest BCUT2D eigenvalue weighted by molar-refractivity contribution is -0.143. The maximum atomic E-state index is 14.0. The molecule has 1 saturated carbocycles. The molecule has 1 aromatic heterocycles. The highest BCUT2D eigenvalue weighted by Crippen LogP contribution is 2.48. The summed E-state index contributed by atoms with van der Waals surface area (Å²) in [6.07, 6.45) is 1.90. The van der Waals surface area contributed by atoms with Gasteiger partial charge in [-0.25, -0.2) is 17.8 Å². The van der Waals surface area contributed by atoms with E-state index in [1.54, 1.807) is 39.8 Å². The lowest BCUT2D eigenvalue weighted by Crippen LogP contribution is -2.61. The third-order valence-electron chi connectivity index (χ3n) is 8.45. The van der Waals surface area contributed by atoms with Gasteiger partial charge in [0.2, 0.25) is 21.8 Å². The second-order valence-electron chi connectivity index (χ2n) is 12.8. The van der Waals surface area contributed by atoms with Crippen molar-refractivity contribution in [1.29, 1.82) is 0 Å². The van der Waals surface area contributed by atoms with E-state index < -0.39 is 44.3 Å². The summed E-state index contributed by atoms with van der Waals surface area (Å²) in [5.74, 6) is -1.22. The number of imide groups is 1. The van der Waals surface area contributed by atoms with Crippen molar-refractivity contribution in [1.82, 2.24) is 40.5 Å². The van der Waals surface area contributed by atoms with E-state index in [1.165, 1.54) is 9.58 Å². The number of piperidine rings is 1. The van der Waals surface area contributed by atoms with Crippen molar-refractivity contribution in [2.24, 2.45) is 0 Å². The fourth-order valence-corrected chi connectivity index (χ4v) is 8.56. The average molecular weight is 645 g/mol. The summed E-state index contributed by atoms with van der Waals surface area (Å²) in [6.45, 7) is 7.86. The zero-order chi connectivity index (χ0) is 32.6. The highest BCUT2D eigenvalue weighted by atomic mass is 32.2. The van der Waals surface area contributed by atoms with Gasteiger partial charge in [-0.1, -0.05) is 18.6 Å². The van der Waals surface area contributed by atoms with E-state index in [0.29, 0.717) is 30.7 Å². The zero-order valence-electron chi connectivity index (χ0n) is 26.0. The van der Waals surface area contributed by atoms with Gasteiger partial charge in [-0.2, -0.15) is 0 Å². The Labute approximate surface area is 261 Å². The first-order valence-electron chi connectivity index (χ1n) is 15.2. The number of hydrogen-bond donors (Lipinski definition) is 3. The molecule has 5 rings (SSSR count). The number of hydrogen-bond acceptors (Lipinski definition) is 11. The number of fused-ring (bicyclic) bond motifs is 1. The molecule has 1 aliphatic carbocycles. The summed E-state index contributed by atoms with van der Waals surface area (Å²) >= 11 is 0. The molecule has 0 spiro atoms. The topological polar surface area (TPSA) is 195 Å². The molecule has 2 aromatic rings. The predicted octanol–water partition coefficient (Wildman–Crippen LogP) is 0.859. The van der Waals surface area contributed by atoms with Gasteiger partial charge in [-0.15, -0.1) is 5.10 Å². The number of carbonyl (C=O) groups excluding carboxylic acids is 4. The Bertz CT molecular complexity index is 1600. The van der Waals surface area contributed by atoms with E-state index in [-0.39, 0.29) is 57.3 Å². The van der Waals surface area contributed by atoms with Gasteiger partial charge in [-0.3, -0.25) is 24.5 Å². The lowest BCUT2D eigenvalue weighted by atomic mass is 9.78. The molecule has 15 nitrogen and oxygen atoms in total. The molecular formula is C29H40N8O7S. The molecule has 45 heavy (non-hydrogen) atoms. The van der Waals surface area contributed by atoms with Gasteiger partial charge in [-0.05, 0) is 74.6 Å². The number of benzene rings is 1. The minimum atomic E-state index is -3.90. The molecule has 16 heteroatoms. The highest BCUT2D eigenvalue weighted by Gasteiger charge is 2.57. The lowest BCUT2D eigenvalue weighted by Gasteiger charge is -2.47. The Hall–Kier alpha value is -3.76. The molecule has 244 valence electrons. The molecule has 0 radical (unpaired) electrons. The van der Waals surface area contributed by atoms with Gasteiger partial charge in [0.05, 0.1) is 25.6 Å². The van der Waals surface area contributed by atoms with E-state index in [1.807, 2.05) is 6.07 Å². The van der Waals surface area contributed by atoms with E-state index >= 15 is 0 Å². The standard InChI is InChI=1S/C29H40N8O7S/c1-5-44-23(39)11-14-37-25(32-34-35-37)24(29(12-6-13-29)45(42,43)33-28(2,3)4)30-16-18-7-8-20-19(15-18)17-36(27(20)41)21-9-10-22(38)31-26(21)40/h7-8,15,21,24,30,33H,5-6,9-14,16-17H2,1-4H3,(H,31,38,40). The molecule has 3 aliphatic rings. The summed E-state index contributed by atoms with van der Waals surface area (Å²) in [6, 6.07) is 3.80. The third-order valence-corrected chi connectivity index (χ3v) is 11.0. The number of amides is 3. The van der Waals surface area contributed by atoms with E-state index in [2.05, 4.69) is 30.9 Å². The van der Waals surface area contributed by atoms with Gasteiger partial charge < -0.3 is 15.0 Å². The van der Waals surface area contributed by atoms with Crippen LogP contribution < -0.4 is 15.4 Å². The predicted molar refractivity (Wildman–Crippen MR) is 160 cm³/mol. The Morgan fingerprint density at radius 2 is 1.98 bits per heavy atom. The molecule has 0 bridgehead atoms. The minimum Gasteiger partial charge on any atom is -0.466 e. The van der Waals surface area contributed by atoms with Crippen LogP contribution in [0.4, 0.5) is 0 Å². The number of tetrazole rings is 1. The number of ether oxygens (including phenoxy) is 1. The molecule has 2 aliphatic heterocycles. The van der Waals surface area contributed by atoms with Crippen LogP contribution in [0, 0.1) is 0 Å². The van der Waals surface area contributed by atoms with Crippen molar-refractivity contribution >= 4 is 33.7 Å². The van der Waals surface area contributed by atoms with Crippen LogP contribution >= 0.6 is 0 Å².